The Hall–Kier alpha value is -2.69. The van der Waals surface area contributed by atoms with Gasteiger partial charge in [0.05, 0.1) is 17.9 Å². The Balaban J connectivity index is 1.94. The summed E-state index contributed by atoms with van der Waals surface area (Å²) in [5, 5.41) is 11.5. The number of hydrogen-bond donors (Lipinski definition) is 2. The molecule has 2 rings (SSSR count). The van der Waals surface area contributed by atoms with Gasteiger partial charge in [0.2, 0.25) is 10.0 Å². The van der Waals surface area contributed by atoms with Gasteiger partial charge in [0.15, 0.2) is 0 Å². The topological polar surface area (TPSA) is 99.1 Å². The average Bonchev–Trinajstić information content (AvgIpc) is 2.55. The molecule has 2 aromatic rings. The summed E-state index contributed by atoms with van der Waals surface area (Å²) in [5.41, 5.74) is 2.57. The minimum atomic E-state index is -3.19. The zero-order chi connectivity index (χ0) is 17.6. The van der Waals surface area contributed by atoms with E-state index in [1.54, 1.807) is 48.5 Å². The minimum absolute atomic E-state index is 0.250. The molecule has 0 aliphatic rings. The second-order valence-electron chi connectivity index (χ2n) is 5.26. The monoisotopic (exact) mass is 343 g/mol. The summed E-state index contributed by atoms with van der Waals surface area (Å²) < 4.78 is 24.4. The predicted octanol–water partition coefficient (Wildman–Crippen LogP) is 1.90. The highest BCUT2D eigenvalue weighted by Gasteiger charge is 2.06. The van der Waals surface area contributed by atoms with Crippen molar-refractivity contribution in [2.45, 2.75) is 6.42 Å². The lowest BCUT2D eigenvalue weighted by atomic mass is 10.1. The van der Waals surface area contributed by atoms with Crippen molar-refractivity contribution >= 4 is 21.6 Å². The zero-order valence-electron chi connectivity index (χ0n) is 13.1. The first-order valence-corrected chi connectivity index (χ1v) is 9.11. The molecule has 1 amide bonds. The van der Waals surface area contributed by atoms with Gasteiger partial charge in [-0.05, 0) is 48.4 Å². The van der Waals surface area contributed by atoms with Crippen LogP contribution in [-0.2, 0) is 16.4 Å². The lowest BCUT2D eigenvalue weighted by Crippen LogP contribution is -2.24. The van der Waals surface area contributed by atoms with Crippen LogP contribution in [0.15, 0.2) is 48.5 Å². The first kappa shape index (κ1) is 17.7. The molecule has 0 aromatic heterocycles. The van der Waals surface area contributed by atoms with E-state index >= 15 is 0 Å². The van der Waals surface area contributed by atoms with Crippen molar-refractivity contribution in [2.75, 3.05) is 18.1 Å². The molecule has 6 nitrogen and oxygen atoms in total. The molecule has 2 aromatic carbocycles. The molecular weight excluding hydrogens is 326 g/mol. The van der Waals surface area contributed by atoms with Gasteiger partial charge in [-0.3, -0.25) is 4.79 Å². The Morgan fingerprint density at radius 3 is 2.25 bits per heavy atom. The second-order valence-corrected chi connectivity index (χ2v) is 7.09. The Morgan fingerprint density at radius 1 is 1.08 bits per heavy atom. The molecule has 0 heterocycles. The van der Waals surface area contributed by atoms with Gasteiger partial charge in [-0.2, -0.15) is 5.26 Å². The van der Waals surface area contributed by atoms with Crippen molar-refractivity contribution in [3.63, 3.8) is 0 Å². The van der Waals surface area contributed by atoms with Crippen molar-refractivity contribution in [1.82, 2.24) is 4.72 Å². The third-order valence-corrected chi connectivity index (χ3v) is 3.99. The van der Waals surface area contributed by atoms with Gasteiger partial charge in [-0.1, -0.05) is 12.1 Å². The van der Waals surface area contributed by atoms with E-state index in [2.05, 4.69) is 10.0 Å². The second kappa shape index (κ2) is 7.73. The van der Waals surface area contributed by atoms with Gasteiger partial charge in [0.25, 0.3) is 5.91 Å². The maximum Gasteiger partial charge on any atom is 0.255 e. The number of hydrogen-bond acceptors (Lipinski definition) is 4. The highest BCUT2D eigenvalue weighted by atomic mass is 32.2. The number of nitriles is 1. The quantitative estimate of drug-likeness (QED) is 0.837. The van der Waals surface area contributed by atoms with E-state index in [1.807, 2.05) is 6.07 Å². The summed E-state index contributed by atoms with van der Waals surface area (Å²) >= 11 is 0. The summed E-state index contributed by atoms with van der Waals surface area (Å²) in [6.07, 6.45) is 1.66. The Labute approximate surface area is 141 Å². The minimum Gasteiger partial charge on any atom is -0.322 e. The summed E-state index contributed by atoms with van der Waals surface area (Å²) in [7, 11) is -3.19. The van der Waals surface area contributed by atoms with Crippen molar-refractivity contribution in [1.29, 1.82) is 5.26 Å². The molecule has 0 aliphatic carbocycles. The summed E-state index contributed by atoms with van der Waals surface area (Å²) in [6, 6.07) is 15.6. The van der Waals surface area contributed by atoms with E-state index in [1.165, 1.54) is 0 Å². The van der Waals surface area contributed by atoms with Crippen LogP contribution in [0.3, 0.4) is 0 Å². The van der Waals surface area contributed by atoms with Gasteiger partial charge in [-0.15, -0.1) is 0 Å². The number of carbonyl (C=O) groups is 1. The number of anilines is 1. The number of nitrogens with one attached hydrogen (secondary N) is 2. The van der Waals surface area contributed by atoms with Crippen LogP contribution in [0.5, 0.6) is 0 Å². The largest absolute Gasteiger partial charge is 0.322 e. The van der Waals surface area contributed by atoms with Gasteiger partial charge in [0.1, 0.15) is 0 Å². The molecular formula is C17H17N3O3S. The molecule has 0 saturated heterocycles. The number of carbonyl (C=O) groups excluding carboxylic acids is 1. The van der Waals surface area contributed by atoms with Crippen LogP contribution in [0.1, 0.15) is 21.5 Å². The molecule has 0 spiro atoms. The number of sulfonamides is 1. The molecule has 24 heavy (non-hydrogen) atoms. The van der Waals surface area contributed by atoms with Gasteiger partial charge in [0, 0.05) is 17.8 Å². The van der Waals surface area contributed by atoms with E-state index < -0.39 is 10.0 Å². The molecule has 2 N–H and O–H groups in total. The first-order valence-electron chi connectivity index (χ1n) is 7.22. The fourth-order valence-corrected chi connectivity index (χ4v) is 2.51. The van der Waals surface area contributed by atoms with Crippen LogP contribution < -0.4 is 10.0 Å². The van der Waals surface area contributed by atoms with Crippen molar-refractivity contribution in [2.24, 2.45) is 0 Å². The SMILES string of the molecule is CS(=O)(=O)NCCc1ccc(C(=O)Nc2ccc(C#N)cc2)cc1. The van der Waals surface area contributed by atoms with E-state index in [9.17, 15) is 13.2 Å². The van der Waals surface area contributed by atoms with Gasteiger partial charge in [-0.25, -0.2) is 13.1 Å². The third kappa shape index (κ3) is 5.50. The highest BCUT2D eigenvalue weighted by Crippen LogP contribution is 2.12. The van der Waals surface area contributed by atoms with E-state index in [-0.39, 0.29) is 5.91 Å². The molecule has 124 valence electrons. The summed E-state index contributed by atoms with van der Waals surface area (Å²) in [5.74, 6) is -0.250. The smallest absolute Gasteiger partial charge is 0.255 e. The molecule has 0 unspecified atom stereocenters. The van der Waals surface area contributed by atoms with Crippen LogP contribution in [0.4, 0.5) is 5.69 Å². The van der Waals surface area contributed by atoms with Crippen LogP contribution in [-0.4, -0.2) is 27.1 Å². The molecule has 0 radical (unpaired) electrons. The Morgan fingerprint density at radius 2 is 1.71 bits per heavy atom. The maximum absolute atomic E-state index is 12.2. The molecule has 0 bridgehead atoms. The van der Waals surface area contributed by atoms with E-state index in [0.717, 1.165) is 11.8 Å². The van der Waals surface area contributed by atoms with Gasteiger partial charge < -0.3 is 5.32 Å². The normalized spacial score (nSPS) is 10.8. The van der Waals surface area contributed by atoms with Crippen LogP contribution in [0, 0.1) is 11.3 Å². The molecule has 0 aliphatic heterocycles. The highest BCUT2D eigenvalue weighted by molar-refractivity contribution is 7.88. The Bertz CT molecular complexity index is 851. The summed E-state index contributed by atoms with van der Waals surface area (Å²) in [6.45, 7) is 0.315. The number of amides is 1. The van der Waals surface area contributed by atoms with E-state index in [0.29, 0.717) is 29.8 Å². The number of benzene rings is 2. The standard InChI is InChI=1S/C17H17N3O3S/c1-24(22,23)19-11-10-13-2-6-15(7-3-13)17(21)20-16-8-4-14(12-18)5-9-16/h2-9,19H,10-11H2,1H3,(H,20,21). The van der Waals surface area contributed by atoms with Crippen LogP contribution in [0.25, 0.3) is 0 Å². The maximum atomic E-state index is 12.2. The van der Waals surface area contributed by atoms with E-state index in [4.69, 9.17) is 5.26 Å². The fraction of sp³-hybridized carbons (Fsp3) is 0.176. The molecule has 0 fully saturated rings. The Kier molecular flexibility index (Phi) is 5.68. The lowest BCUT2D eigenvalue weighted by Gasteiger charge is -2.07. The fourth-order valence-electron chi connectivity index (χ4n) is 2.03. The van der Waals surface area contributed by atoms with Crippen LogP contribution >= 0.6 is 0 Å². The van der Waals surface area contributed by atoms with Gasteiger partial charge >= 0.3 is 0 Å². The molecule has 0 atom stereocenters. The summed E-state index contributed by atoms with van der Waals surface area (Å²) in [4.78, 5) is 12.2. The molecule has 0 saturated carbocycles. The van der Waals surface area contributed by atoms with Crippen molar-refractivity contribution in [3.8, 4) is 6.07 Å². The number of rotatable bonds is 6. The zero-order valence-corrected chi connectivity index (χ0v) is 13.9. The third-order valence-electron chi connectivity index (χ3n) is 3.27. The predicted molar refractivity (Wildman–Crippen MR) is 92.1 cm³/mol. The molecule has 7 heteroatoms. The van der Waals surface area contributed by atoms with Crippen molar-refractivity contribution in [3.05, 3.63) is 65.2 Å². The first-order chi connectivity index (χ1) is 11.4. The lowest BCUT2D eigenvalue weighted by molar-refractivity contribution is 0.102. The average molecular weight is 343 g/mol. The van der Waals surface area contributed by atoms with Crippen molar-refractivity contribution < 1.29 is 13.2 Å². The number of nitrogens with zero attached hydrogens (tertiary/aromatic N) is 1. The van der Waals surface area contributed by atoms with Crippen LogP contribution in [0.2, 0.25) is 0 Å².